The summed E-state index contributed by atoms with van der Waals surface area (Å²) in [5.41, 5.74) is 0. The van der Waals surface area contributed by atoms with Crippen LogP contribution in [0.25, 0.3) is 0 Å². The number of nitrogens with one attached hydrogen (secondary N) is 1. The molecule has 0 aromatic carbocycles. The second kappa shape index (κ2) is 7.27. The normalized spacial score (nSPS) is 17.3. The molecular formula is C15H25NOS. The van der Waals surface area contributed by atoms with Crippen molar-refractivity contribution in [1.29, 1.82) is 0 Å². The highest BCUT2D eigenvalue weighted by atomic mass is 32.1. The lowest BCUT2D eigenvalue weighted by molar-refractivity contribution is 0.107. The maximum absolute atomic E-state index is 5.61. The number of ether oxygens (including phenoxy) is 1. The lowest BCUT2D eigenvalue weighted by Gasteiger charge is -2.17. The molecule has 1 heterocycles. The summed E-state index contributed by atoms with van der Waals surface area (Å²) in [7, 11) is 0. The molecule has 2 nitrogen and oxygen atoms in total. The maximum atomic E-state index is 5.61. The molecule has 1 N–H and O–H groups in total. The van der Waals surface area contributed by atoms with Crippen molar-refractivity contribution >= 4 is 11.3 Å². The first-order chi connectivity index (χ1) is 8.77. The molecule has 1 aromatic rings. The highest BCUT2D eigenvalue weighted by molar-refractivity contribution is 7.10. The lowest BCUT2D eigenvalue weighted by Crippen LogP contribution is -2.24. The van der Waals surface area contributed by atoms with Crippen LogP contribution in [0, 0.1) is 11.8 Å². The highest BCUT2D eigenvalue weighted by Gasteiger charge is 2.32. The molecular weight excluding hydrogens is 242 g/mol. The van der Waals surface area contributed by atoms with E-state index in [1.54, 1.807) is 0 Å². The molecule has 1 unspecified atom stereocenters. The van der Waals surface area contributed by atoms with E-state index in [0.717, 1.165) is 32.1 Å². The summed E-state index contributed by atoms with van der Waals surface area (Å²) in [5, 5.41) is 5.88. The Hall–Kier alpha value is -0.380. The zero-order valence-corrected chi connectivity index (χ0v) is 12.3. The number of thiophene rings is 1. The minimum absolute atomic E-state index is 0.593. The molecule has 0 amide bonds. The Bertz CT molecular complexity index is 319. The van der Waals surface area contributed by atoms with Crippen LogP contribution < -0.4 is 5.32 Å². The van der Waals surface area contributed by atoms with Gasteiger partial charge in [-0.2, -0.15) is 0 Å². The molecule has 0 bridgehead atoms. The zero-order chi connectivity index (χ0) is 12.8. The summed E-state index contributed by atoms with van der Waals surface area (Å²) in [6.45, 7) is 7.22. The first-order valence-electron chi connectivity index (χ1n) is 7.12. The van der Waals surface area contributed by atoms with Crippen LogP contribution >= 0.6 is 11.3 Å². The van der Waals surface area contributed by atoms with Crippen molar-refractivity contribution in [1.82, 2.24) is 5.32 Å². The van der Waals surface area contributed by atoms with E-state index in [0.29, 0.717) is 12.0 Å². The van der Waals surface area contributed by atoms with Crippen LogP contribution in [0.4, 0.5) is 0 Å². The fourth-order valence-corrected chi connectivity index (χ4v) is 3.04. The molecule has 0 saturated heterocycles. The van der Waals surface area contributed by atoms with Crippen molar-refractivity contribution < 1.29 is 4.74 Å². The minimum Gasteiger partial charge on any atom is -0.381 e. The molecule has 2 rings (SSSR count). The van der Waals surface area contributed by atoms with Gasteiger partial charge in [-0.05, 0) is 49.1 Å². The highest BCUT2D eigenvalue weighted by Crippen LogP contribution is 2.42. The fourth-order valence-electron chi connectivity index (χ4n) is 2.15. The third kappa shape index (κ3) is 4.71. The van der Waals surface area contributed by atoms with Gasteiger partial charge in [-0.3, -0.25) is 0 Å². The summed E-state index contributed by atoms with van der Waals surface area (Å²) in [6, 6.07) is 5.01. The van der Waals surface area contributed by atoms with E-state index in [1.807, 2.05) is 11.3 Å². The van der Waals surface area contributed by atoms with Gasteiger partial charge in [0.1, 0.15) is 0 Å². The van der Waals surface area contributed by atoms with E-state index in [4.69, 9.17) is 4.74 Å². The van der Waals surface area contributed by atoms with Gasteiger partial charge in [-0.15, -0.1) is 11.3 Å². The van der Waals surface area contributed by atoms with Gasteiger partial charge < -0.3 is 10.1 Å². The van der Waals surface area contributed by atoms with Crippen LogP contribution in [0.2, 0.25) is 0 Å². The van der Waals surface area contributed by atoms with Crippen LogP contribution in [0.15, 0.2) is 17.5 Å². The molecule has 1 atom stereocenters. The Morgan fingerprint density at radius 1 is 1.44 bits per heavy atom. The van der Waals surface area contributed by atoms with Gasteiger partial charge in [0.25, 0.3) is 0 Å². The van der Waals surface area contributed by atoms with Crippen LogP contribution in [0.5, 0.6) is 0 Å². The van der Waals surface area contributed by atoms with E-state index in [-0.39, 0.29) is 0 Å². The summed E-state index contributed by atoms with van der Waals surface area (Å²) in [5.74, 6) is 1.52. The predicted octanol–water partition coefficient (Wildman–Crippen LogP) is 3.85. The van der Waals surface area contributed by atoms with Crippen molar-refractivity contribution in [3.8, 4) is 0 Å². The second-order valence-corrected chi connectivity index (χ2v) is 6.59. The predicted molar refractivity (Wildman–Crippen MR) is 78.1 cm³/mol. The quantitative estimate of drug-likeness (QED) is 0.686. The molecule has 0 spiro atoms. The third-order valence-corrected chi connectivity index (χ3v) is 4.18. The molecule has 1 aliphatic carbocycles. The Kier molecular flexibility index (Phi) is 5.67. The van der Waals surface area contributed by atoms with Gasteiger partial charge in [0.2, 0.25) is 0 Å². The van der Waals surface area contributed by atoms with Crippen molar-refractivity contribution in [2.24, 2.45) is 11.8 Å². The average molecular weight is 267 g/mol. The lowest BCUT2D eigenvalue weighted by atomic mass is 10.1. The Balaban J connectivity index is 1.62. The van der Waals surface area contributed by atoms with Gasteiger partial charge in [-0.1, -0.05) is 19.9 Å². The van der Waals surface area contributed by atoms with E-state index >= 15 is 0 Å². The van der Waals surface area contributed by atoms with Crippen LogP contribution in [0.1, 0.15) is 44.0 Å². The van der Waals surface area contributed by atoms with Crippen LogP contribution in [-0.4, -0.2) is 19.8 Å². The van der Waals surface area contributed by atoms with Gasteiger partial charge >= 0.3 is 0 Å². The monoisotopic (exact) mass is 267 g/mol. The minimum atomic E-state index is 0.593. The van der Waals surface area contributed by atoms with Crippen molar-refractivity contribution in [3.63, 3.8) is 0 Å². The van der Waals surface area contributed by atoms with Crippen LogP contribution in [0.3, 0.4) is 0 Å². The van der Waals surface area contributed by atoms with E-state index < -0.39 is 0 Å². The third-order valence-electron chi connectivity index (χ3n) is 3.22. The molecule has 0 aliphatic heterocycles. The van der Waals surface area contributed by atoms with Crippen molar-refractivity contribution in [3.05, 3.63) is 22.4 Å². The van der Waals surface area contributed by atoms with Gasteiger partial charge in [-0.25, -0.2) is 0 Å². The summed E-state index contributed by atoms with van der Waals surface area (Å²) in [6.07, 6.45) is 3.89. The number of hydrogen-bond acceptors (Lipinski definition) is 3. The summed E-state index contributed by atoms with van der Waals surface area (Å²) >= 11 is 1.88. The largest absolute Gasteiger partial charge is 0.381 e. The van der Waals surface area contributed by atoms with Gasteiger partial charge in [0, 0.05) is 24.1 Å². The Morgan fingerprint density at radius 2 is 2.28 bits per heavy atom. The Morgan fingerprint density at radius 3 is 2.89 bits per heavy atom. The van der Waals surface area contributed by atoms with Crippen LogP contribution in [-0.2, 0) is 4.74 Å². The molecule has 1 aliphatic rings. The van der Waals surface area contributed by atoms with E-state index in [2.05, 4.69) is 36.7 Å². The van der Waals surface area contributed by atoms with E-state index in [1.165, 1.54) is 17.7 Å². The summed E-state index contributed by atoms with van der Waals surface area (Å²) in [4.78, 5) is 1.50. The van der Waals surface area contributed by atoms with Crippen molar-refractivity contribution in [2.45, 2.75) is 39.2 Å². The molecule has 1 aromatic heterocycles. The van der Waals surface area contributed by atoms with E-state index in [9.17, 15) is 0 Å². The maximum Gasteiger partial charge on any atom is 0.0489 e. The topological polar surface area (TPSA) is 21.3 Å². The average Bonchev–Trinajstić information content (AvgIpc) is 3.02. The number of hydrogen-bond donors (Lipinski definition) is 1. The first-order valence-corrected chi connectivity index (χ1v) is 8.00. The number of rotatable bonds is 9. The first kappa shape index (κ1) is 14.0. The smallest absolute Gasteiger partial charge is 0.0489 e. The molecule has 0 radical (unpaired) electrons. The molecule has 18 heavy (non-hydrogen) atoms. The second-order valence-electron chi connectivity index (χ2n) is 5.61. The molecule has 1 saturated carbocycles. The molecule has 1 fully saturated rings. The van der Waals surface area contributed by atoms with Gasteiger partial charge in [0.15, 0.2) is 0 Å². The zero-order valence-electron chi connectivity index (χ0n) is 11.5. The molecule has 3 heteroatoms. The summed E-state index contributed by atoms with van der Waals surface area (Å²) < 4.78 is 5.61. The van der Waals surface area contributed by atoms with Crippen molar-refractivity contribution in [2.75, 3.05) is 19.8 Å². The standard InChI is InChI=1S/C15H25NOS/c1-12(2)11-17-9-4-8-16-15(13-6-7-13)14-5-3-10-18-14/h3,5,10,12-13,15-16H,4,6-9,11H2,1-2H3. The fraction of sp³-hybridized carbons (Fsp3) is 0.733. The van der Waals surface area contributed by atoms with Gasteiger partial charge in [0.05, 0.1) is 0 Å². The molecule has 102 valence electrons. The SMILES string of the molecule is CC(C)COCCCNC(c1cccs1)C1CC1. The Labute approximate surface area is 115 Å².